The Morgan fingerprint density at radius 2 is 1.00 bits per heavy atom. The van der Waals surface area contributed by atoms with Crippen LogP contribution in [0, 0.1) is 0 Å². The minimum atomic E-state index is -2.84. The Morgan fingerprint density at radius 1 is 0.649 bits per heavy atom. The molecule has 37 heavy (non-hydrogen) atoms. The molecule has 0 amide bonds. The van der Waals surface area contributed by atoms with E-state index in [1.54, 1.807) is 10.9 Å². The van der Waals surface area contributed by atoms with E-state index in [-0.39, 0.29) is 0 Å². The van der Waals surface area contributed by atoms with Crippen molar-refractivity contribution in [2.75, 3.05) is 7.11 Å². The number of unbranched alkanes of at least 4 members (excludes halogenated alkanes) is 3. The van der Waals surface area contributed by atoms with Crippen molar-refractivity contribution in [1.29, 1.82) is 0 Å². The van der Waals surface area contributed by atoms with Crippen LogP contribution in [-0.4, -0.2) is 54.9 Å². The minimum absolute atomic E-state index is 0.908. The van der Waals surface area contributed by atoms with Gasteiger partial charge in [0.2, 0.25) is 0 Å². The molecule has 0 aromatic heterocycles. The monoisotopic (exact) mass is 686 g/mol. The van der Waals surface area contributed by atoms with Crippen LogP contribution in [0.4, 0.5) is 0 Å². The Labute approximate surface area is 239 Å². The first kappa shape index (κ1) is 35.3. The van der Waals surface area contributed by atoms with Gasteiger partial charge in [-0.15, -0.1) is 0 Å². The number of hydrogen-bond acceptors (Lipinski definition) is 2. The van der Waals surface area contributed by atoms with Gasteiger partial charge in [0.25, 0.3) is 0 Å². The summed E-state index contributed by atoms with van der Waals surface area (Å²) >= 11 is -2.84. The van der Waals surface area contributed by atoms with Gasteiger partial charge in [0.05, 0.1) is 0 Å². The van der Waals surface area contributed by atoms with Crippen LogP contribution in [0.15, 0.2) is 33.7 Å². The van der Waals surface area contributed by atoms with Crippen molar-refractivity contribution < 1.29 is 9.47 Å². The van der Waals surface area contributed by atoms with E-state index in [0.717, 1.165) is 11.5 Å². The quantitative estimate of drug-likeness (QED) is 0.120. The second-order valence-electron chi connectivity index (χ2n) is 14.4. The van der Waals surface area contributed by atoms with Gasteiger partial charge in [0, 0.05) is 0 Å². The van der Waals surface area contributed by atoms with Gasteiger partial charge in [-0.25, -0.2) is 0 Å². The van der Waals surface area contributed by atoms with E-state index in [9.17, 15) is 0 Å². The molecule has 7 heteroatoms. The summed E-state index contributed by atoms with van der Waals surface area (Å²) in [4.78, 5) is 0. The first-order chi connectivity index (χ1) is 17.0. The van der Waals surface area contributed by atoms with E-state index in [1.165, 1.54) is 51.8 Å². The average molecular weight is 686 g/mol. The van der Waals surface area contributed by atoms with Crippen molar-refractivity contribution in [3.8, 4) is 11.5 Å². The summed E-state index contributed by atoms with van der Waals surface area (Å²) in [5.41, 5.74) is 3.05. The molecule has 0 saturated carbocycles. The molecule has 0 saturated heterocycles. The average Bonchev–Trinajstić information content (AvgIpc) is 2.79. The van der Waals surface area contributed by atoms with Gasteiger partial charge < -0.3 is 0 Å². The number of ether oxygens (including phenoxy) is 2. The fourth-order valence-electron chi connectivity index (χ4n) is 7.57. The standard InChI is InChI=1S/C18H35O2Si4.3C4H9.Sn/c1-19-17-11-13-18(14-12-17)20-15-16-24(21(2,3)4,22(5,6)7)23(8,9)10;3*1-3-4-2;/h11-14,16H,1-10H3;3*1,3-4H2,2H3;. The van der Waals surface area contributed by atoms with Crippen LogP contribution in [0.5, 0.6) is 11.5 Å². The zero-order chi connectivity index (χ0) is 28.5. The zero-order valence-electron chi connectivity index (χ0n) is 27.1. The van der Waals surface area contributed by atoms with E-state index in [1.807, 2.05) is 0 Å². The fourth-order valence-corrected chi connectivity index (χ4v) is 125. The van der Waals surface area contributed by atoms with Gasteiger partial charge in [-0.3, -0.25) is 0 Å². The molecule has 0 aliphatic rings. The van der Waals surface area contributed by atoms with Gasteiger partial charge in [-0.2, -0.15) is 0 Å². The van der Waals surface area contributed by atoms with E-state index in [4.69, 9.17) is 9.47 Å². The Bertz CT molecular complexity index is 775. The van der Waals surface area contributed by atoms with E-state index < -0.39 is 47.8 Å². The molecule has 0 bridgehead atoms. The Balaban J connectivity index is 4.10. The van der Waals surface area contributed by atoms with Crippen LogP contribution in [0.1, 0.15) is 59.3 Å². The first-order valence-electron chi connectivity index (χ1n) is 15.1. The summed E-state index contributed by atoms with van der Waals surface area (Å²) in [5, 5.41) is 0. The number of benzene rings is 1. The van der Waals surface area contributed by atoms with E-state index in [0.29, 0.717) is 0 Å². The predicted octanol–water partition coefficient (Wildman–Crippen LogP) is 10.6. The molecule has 0 spiro atoms. The number of rotatable bonds is 17. The van der Waals surface area contributed by atoms with Crippen molar-refractivity contribution in [3.05, 3.63) is 33.7 Å². The molecule has 2 nitrogen and oxygen atoms in total. The van der Waals surface area contributed by atoms with Crippen LogP contribution in [-0.2, 0) is 0 Å². The molecular formula is C30H62O2Si4Sn. The Hall–Kier alpha value is 0.226. The molecule has 1 aromatic rings. The Kier molecular flexibility index (Phi) is 14.0. The summed E-state index contributed by atoms with van der Waals surface area (Å²) in [6.45, 7) is 29.9. The molecule has 0 N–H and O–H groups in total. The SMILES string of the molecule is CCC[CH2][Sn]([CH2]CCC)([CH2]CCC)/[C](=C/[Si]([Si](C)(C)C)([Si](C)(C)C)[Si](C)(C)C)Oc1ccc(OC)cc1. The van der Waals surface area contributed by atoms with Crippen molar-refractivity contribution in [2.24, 2.45) is 0 Å². The molecule has 0 aliphatic carbocycles. The van der Waals surface area contributed by atoms with E-state index >= 15 is 0 Å². The normalized spacial score (nSPS) is 14.1. The topological polar surface area (TPSA) is 18.5 Å². The second kappa shape index (κ2) is 14.7. The molecule has 0 atom stereocenters. The van der Waals surface area contributed by atoms with Crippen molar-refractivity contribution >= 4 is 47.8 Å². The van der Waals surface area contributed by atoms with E-state index in [2.05, 4.69) is 110 Å². The van der Waals surface area contributed by atoms with Gasteiger partial charge in [-0.05, 0) is 0 Å². The molecule has 0 aliphatic heterocycles. The zero-order valence-corrected chi connectivity index (χ0v) is 33.9. The molecule has 0 fully saturated rings. The molecule has 1 aromatic carbocycles. The van der Waals surface area contributed by atoms with Gasteiger partial charge in [0.1, 0.15) is 0 Å². The predicted molar refractivity (Wildman–Crippen MR) is 182 cm³/mol. The number of methoxy groups -OCH3 is 1. The van der Waals surface area contributed by atoms with Crippen LogP contribution >= 0.6 is 0 Å². The van der Waals surface area contributed by atoms with Crippen molar-refractivity contribution in [2.45, 2.75) is 132 Å². The van der Waals surface area contributed by atoms with Crippen molar-refractivity contribution in [3.63, 3.8) is 0 Å². The summed E-state index contributed by atoms with van der Waals surface area (Å²) in [6, 6.07) is 8.47. The maximum atomic E-state index is 7.31. The summed E-state index contributed by atoms with van der Waals surface area (Å²) < 4.78 is 18.7. The van der Waals surface area contributed by atoms with Crippen LogP contribution in [0.25, 0.3) is 0 Å². The third kappa shape index (κ3) is 8.86. The summed E-state index contributed by atoms with van der Waals surface area (Å²) in [7, 11) is -2.62. The molecular weight excluding hydrogens is 623 g/mol. The third-order valence-corrected chi connectivity index (χ3v) is 95.4. The van der Waals surface area contributed by atoms with Crippen LogP contribution in [0.3, 0.4) is 0 Å². The molecule has 0 radical (unpaired) electrons. The molecule has 0 heterocycles. The summed E-state index contributed by atoms with van der Waals surface area (Å²) in [5.74, 6) is 1.94. The van der Waals surface area contributed by atoms with Crippen molar-refractivity contribution in [1.82, 2.24) is 0 Å². The molecule has 214 valence electrons. The third-order valence-electron chi connectivity index (χ3n) is 8.73. The Morgan fingerprint density at radius 3 is 1.30 bits per heavy atom. The van der Waals surface area contributed by atoms with Crippen LogP contribution < -0.4 is 9.47 Å². The van der Waals surface area contributed by atoms with Gasteiger partial charge in [0.15, 0.2) is 0 Å². The van der Waals surface area contributed by atoms with Crippen LogP contribution in [0.2, 0.25) is 72.2 Å². The molecule has 1 rings (SSSR count). The number of hydrogen-bond donors (Lipinski definition) is 0. The van der Waals surface area contributed by atoms with Gasteiger partial charge in [-0.1, -0.05) is 0 Å². The first-order valence-corrected chi connectivity index (χ1v) is 38.2. The second-order valence-corrected chi connectivity index (χ2v) is 67.9. The summed E-state index contributed by atoms with van der Waals surface area (Å²) in [6.07, 6.45) is 8.00. The van der Waals surface area contributed by atoms with Gasteiger partial charge >= 0.3 is 241 Å². The molecule has 0 unspecified atom stereocenters. The fraction of sp³-hybridized carbons (Fsp3) is 0.733. The maximum absolute atomic E-state index is 7.31.